The van der Waals surface area contributed by atoms with Crippen LogP contribution in [0.3, 0.4) is 0 Å². The number of carboxylic acid groups (broad SMARTS) is 1. The number of carboxylic acids is 1. The molecule has 0 spiro atoms. The summed E-state index contributed by atoms with van der Waals surface area (Å²) in [5.41, 5.74) is 5.66. The van der Waals surface area contributed by atoms with Gasteiger partial charge in [-0.15, -0.1) is 0 Å². The molecule has 4 rings (SSSR count). The molecule has 0 amide bonds. The third-order valence-electron chi connectivity index (χ3n) is 5.73. The highest BCUT2D eigenvalue weighted by Gasteiger charge is 2.32. The predicted molar refractivity (Wildman–Crippen MR) is 107 cm³/mol. The average molecular weight is 363 g/mol. The molecule has 2 aromatic carbocycles. The largest absolute Gasteiger partial charge is 0.496 e. The molecule has 1 atom stereocenters. The van der Waals surface area contributed by atoms with Gasteiger partial charge in [-0.1, -0.05) is 37.3 Å². The number of ether oxygens (including phenoxy) is 1. The van der Waals surface area contributed by atoms with Crippen LogP contribution in [-0.4, -0.2) is 22.8 Å². The molecule has 3 aromatic rings. The molecule has 0 bridgehead atoms. The van der Waals surface area contributed by atoms with Gasteiger partial charge in [0.05, 0.1) is 13.0 Å². The molecule has 1 aromatic heterocycles. The standard InChI is InChI=1S/C23H25NO3/c1-3-16-12-20-18(13-21(16)27-2)22-17(23(25)26)10-7-11-19(22)24(20)14-15-8-5-4-6-9-15/h4-6,8-9,12-13,17H,3,7,10-11,14H2,1-2H3,(H,25,26). The lowest BCUT2D eigenvalue weighted by molar-refractivity contribution is -0.139. The van der Waals surface area contributed by atoms with Crippen molar-refractivity contribution in [2.45, 2.75) is 45.1 Å². The molecule has 140 valence electrons. The fraction of sp³-hybridized carbons (Fsp3) is 0.348. The maximum absolute atomic E-state index is 12.0. The molecule has 0 radical (unpaired) electrons. The molecule has 1 heterocycles. The van der Waals surface area contributed by atoms with Gasteiger partial charge in [-0.25, -0.2) is 0 Å². The van der Waals surface area contributed by atoms with Gasteiger partial charge in [-0.3, -0.25) is 4.79 Å². The van der Waals surface area contributed by atoms with Crippen LogP contribution in [-0.2, 0) is 24.2 Å². The lowest BCUT2D eigenvalue weighted by Crippen LogP contribution is -2.19. The van der Waals surface area contributed by atoms with Gasteiger partial charge in [0.25, 0.3) is 0 Å². The molecular formula is C23H25NO3. The molecule has 4 heteroatoms. The van der Waals surface area contributed by atoms with E-state index in [0.717, 1.165) is 53.6 Å². The number of nitrogens with zero attached hydrogens (tertiary/aromatic N) is 1. The van der Waals surface area contributed by atoms with Crippen molar-refractivity contribution in [2.75, 3.05) is 7.11 Å². The highest BCUT2D eigenvalue weighted by atomic mass is 16.5. The van der Waals surface area contributed by atoms with E-state index in [1.807, 2.05) is 18.2 Å². The summed E-state index contributed by atoms with van der Waals surface area (Å²) in [4.78, 5) is 12.0. The summed E-state index contributed by atoms with van der Waals surface area (Å²) in [6.07, 6.45) is 3.41. The fourth-order valence-corrected chi connectivity index (χ4v) is 4.43. The molecule has 0 saturated heterocycles. The zero-order chi connectivity index (χ0) is 19.0. The van der Waals surface area contributed by atoms with E-state index in [-0.39, 0.29) is 0 Å². The zero-order valence-corrected chi connectivity index (χ0v) is 15.9. The number of aryl methyl sites for hydroxylation is 1. The van der Waals surface area contributed by atoms with Crippen molar-refractivity contribution in [1.82, 2.24) is 4.57 Å². The fourth-order valence-electron chi connectivity index (χ4n) is 4.43. The molecule has 0 saturated carbocycles. The molecule has 1 aliphatic rings. The second-order valence-corrected chi connectivity index (χ2v) is 7.25. The summed E-state index contributed by atoms with van der Waals surface area (Å²) in [6.45, 7) is 2.88. The monoisotopic (exact) mass is 363 g/mol. The number of carbonyl (C=O) groups is 1. The van der Waals surface area contributed by atoms with Gasteiger partial charge in [-0.05, 0) is 54.5 Å². The van der Waals surface area contributed by atoms with Crippen LogP contribution >= 0.6 is 0 Å². The molecule has 27 heavy (non-hydrogen) atoms. The first-order chi connectivity index (χ1) is 13.1. The van der Waals surface area contributed by atoms with Crippen molar-refractivity contribution in [1.29, 1.82) is 0 Å². The van der Waals surface area contributed by atoms with Crippen LogP contribution in [0.15, 0.2) is 42.5 Å². The summed E-state index contributed by atoms with van der Waals surface area (Å²) in [6, 6.07) is 14.6. The Morgan fingerprint density at radius 3 is 2.70 bits per heavy atom. The Balaban J connectivity index is 1.99. The minimum atomic E-state index is -0.728. The van der Waals surface area contributed by atoms with Crippen LogP contribution in [0.25, 0.3) is 10.9 Å². The van der Waals surface area contributed by atoms with Crippen molar-refractivity contribution < 1.29 is 14.6 Å². The number of aliphatic carboxylic acids is 1. The smallest absolute Gasteiger partial charge is 0.311 e. The Kier molecular flexibility index (Phi) is 4.65. The first kappa shape index (κ1) is 17.7. The normalized spacial score (nSPS) is 16.3. The molecule has 1 aliphatic carbocycles. The summed E-state index contributed by atoms with van der Waals surface area (Å²) < 4.78 is 7.93. The van der Waals surface area contributed by atoms with E-state index in [1.54, 1.807) is 7.11 Å². The van der Waals surface area contributed by atoms with Crippen LogP contribution in [0.4, 0.5) is 0 Å². The highest BCUT2D eigenvalue weighted by Crippen LogP contribution is 2.42. The molecule has 1 unspecified atom stereocenters. The van der Waals surface area contributed by atoms with Gasteiger partial charge in [0.2, 0.25) is 0 Å². The Labute approximate surface area is 159 Å². The SMILES string of the molecule is CCc1cc2c(cc1OC)c1c(n2Cc2ccccc2)CCCC1C(=O)O. The number of rotatable bonds is 5. The lowest BCUT2D eigenvalue weighted by Gasteiger charge is -2.21. The van der Waals surface area contributed by atoms with Crippen molar-refractivity contribution in [2.24, 2.45) is 0 Å². The van der Waals surface area contributed by atoms with Crippen molar-refractivity contribution in [3.05, 3.63) is 64.8 Å². The first-order valence-electron chi connectivity index (χ1n) is 9.62. The van der Waals surface area contributed by atoms with Crippen LogP contribution in [0.5, 0.6) is 5.75 Å². The Hall–Kier alpha value is -2.75. The van der Waals surface area contributed by atoms with Gasteiger partial charge >= 0.3 is 5.97 Å². The van der Waals surface area contributed by atoms with Crippen molar-refractivity contribution in [3.8, 4) is 5.75 Å². The first-order valence-corrected chi connectivity index (χ1v) is 9.62. The van der Waals surface area contributed by atoms with E-state index in [0.29, 0.717) is 6.42 Å². The molecule has 1 N–H and O–H groups in total. The third-order valence-corrected chi connectivity index (χ3v) is 5.73. The summed E-state index contributed by atoms with van der Waals surface area (Å²) in [5, 5.41) is 10.9. The minimum Gasteiger partial charge on any atom is -0.496 e. The van der Waals surface area contributed by atoms with Crippen molar-refractivity contribution in [3.63, 3.8) is 0 Å². The number of benzene rings is 2. The number of hydrogen-bond donors (Lipinski definition) is 1. The summed E-state index contributed by atoms with van der Waals surface area (Å²) in [7, 11) is 1.68. The van der Waals surface area contributed by atoms with E-state index in [1.165, 1.54) is 11.3 Å². The number of aromatic nitrogens is 1. The van der Waals surface area contributed by atoms with E-state index < -0.39 is 11.9 Å². The van der Waals surface area contributed by atoms with Crippen LogP contribution in [0.2, 0.25) is 0 Å². The molecule has 0 aliphatic heterocycles. The Morgan fingerprint density at radius 1 is 1.26 bits per heavy atom. The maximum Gasteiger partial charge on any atom is 0.311 e. The molecule has 4 nitrogen and oxygen atoms in total. The van der Waals surface area contributed by atoms with Crippen LogP contribution < -0.4 is 4.74 Å². The summed E-state index contributed by atoms with van der Waals surface area (Å²) >= 11 is 0. The number of hydrogen-bond acceptors (Lipinski definition) is 2. The lowest BCUT2D eigenvalue weighted by atomic mass is 9.85. The van der Waals surface area contributed by atoms with Gasteiger partial charge in [0, 0.05) is 23.1 Å². The van der Waals surface area contributed by atoms with E-state index in [2.05, 4.69) is 35.8 Å². The minimum absolute atomic E-state index is 0.439. The van der Waals surface area contributed by atoms with E-state index >= 15 is 0 Å². The second-order valence-electron chi connectivity index (χ2n) is 7.25. The Morgan fingerprint density at radius 2 is 2.04 bits per heavy atom. The molecule has 0 fully saturated rings. The van der Waals surface area contributed by atoms with Gasteiger partial charge < -0.3 is 14.4 Å². The third kappa shape index (κ3) is 2.99. The van der Waals surface area contributed by atoms with E-state index in [9.17, 15) is 9.90 Å². The predicted octanol–water partition coefficient (Wildman–Crippen LogP) is 4.77. The topological polar surface area (TPSA) is 51.5 Å². The van der Waals surface area contributed by atoms with Gasteiger partial charge in [0.1, 0.15) is 5.75 Å². The van der Waals surface area contributed by atoms with Gasteiger partial charge in [0.15, 0.2) is 0 Å². The number of methoxy groups -OCH3 is 1. The summed E-state index contributed by atoms with van der Waals surface area (Å²) in [5.74, 6) is -0.321. The van der Waals surface area contributed by atoms with E-state index in [4.69, 9.17) is 4.74 Å². The average Bonchev–Trinajstić information content (AvgIpc) is 3.00. The number of fused-ring (bicyclic) bond motifs is 3. The quantitative estimate of drug-likeness (QED) is 0.711. The van der Waals surface area contributed by atoms with Crippen LogP contribution in [0.1, 0.15) is 48.1 Å². The highest BCUT2D eigenvalue weighted by molar-refractivity contribution is 5.93. The zero-order valence-electron chi connectivity index (χ0n) is 15.9. The van der Waals surface area contributed by atoms with Crippen molar-refractivity contribution >= 4 is 16.9 Å². The maximum atomic E-state index is 12.0. The second kappa shape index (κ2) is 7.10. The Bertz CT molecular complexity index is 988. The van der Waals surface area contributed by atoms with Crippen LogP contribution in [0, 0.1) is 0 Å². The van der Waals surface area contributed by atoms with Gasteiger partial charge in [-0.2, -0.15) is 0 Å². The molecular weight excluding hydrogens is 338 g/mol.